The first-order valence-corrected chi connectivity index (χ1v) is 10.8. The van der Waals surface area contributed by atoms with E-state index in [-0.39, 0.29) is 0 Å². The summed E-state index contributed by atoms with van der Waals surface area (Å²) in [5, 5.41) is 0. The topological polar surface area (TPSA) is 59.1 Å². The van der Waals surface area contributed by atoms with Gasteiger partial charge in [-0.15, -0.1) is 0 Å². The summed E-state index contributed by atoms with van der Waals surface area (Å²) in [4.78, 5) is 31.0. The molecule has 1 heterocycles. The van der Waals surface area contributed by atoms with E-state index in [9.17, 15) is 9.59 Å². The van der Waals surface area contributed by atoms with Crippen molar-refractivity contribution < 1.29 is 19.1 Å². The lowest BCUT2D eigenvalue weighted by atomic mass is 10.0. The zero-order valence-corrected chi connectivity index (χ0v) is 19.2. The number of para-hydroxylation sites is 2. The van der Waals surface area contributed by atoms with Gasteiger partial charge in [0.15, 0.2) is 0 Å². The van der Waals surface area contributed by atoms with Gasteiger partial charge in [0.1, 0.15) is 17.2 Å². The van der Waals surface area contributed by atoms with Gasteiger partial charge in [-0.2, -0.15) is 0 Å². The normalized spacial score (nSPS) is 13.5. The van der Waals surface area contributed by atoms with Gasteiger partial charge in [-0.1, -0.05) is 42.5 Å². The first-order chi connectivity index (χ1) is 16.0. The zero-order valence-electron chi connectivity index (χ0n) is 19.2. The average molecular weight is 443 g/mol. The van der Waals surface area contributed by atoms with Gasteiger partial charge in [0, 0.05) is 17.8 Å². The van der Waals surface area contributed by atoms with Gasteiger partial charge in [-0.25, -0.2) is 4.90 Å². The number of hydrogen-bond acceptors (Lipinski definition) is 5. The Hall–Kier alpha value is -4.06. The first kappa shape index (κ1) is 22.1. The number of aryl methyl sites for hydroxylation is 1. The minimum absolute atomic E-state index is 0.298. The first-order valence-electron chi connectivity index (χ1n) is 10.8. The highest BCUT2D eigenvalue weighted by Crippen LogP contribution is 2.42. The number of ether oxygens (including phenoxy) is 2. The van der Waals surface area contributed by atoms with Crippen LogP contribution in [0.4, 0.5) is 11.4 Å². The maximum atomic E-state index is 14.0. The second-order valence-corrected chi connectivity index (χ2v) is 7.62. The highest BCUT2D eigenvalue weighted by atomic mass is 16.5. The number of likely N-dealkylation sites (N-methyl/N-ethyl adjacent to an activating group) is 1. The molecule has 0 atom stereocenters. The summed E-state index contributed by atoms with van der Waals surface area (Å²) in [5.41, 5.74) is 3.32. The van der Waals surface area contributed by atoms with Crippen LogP contribution in [-0.2, 0) is 9.59 Å². The number of hydrogen-bond donors (Lipinski definition) is 0. The number of benzene rings is 3. The van der Waals surface area contributed by atoms with Crippen LogP contribution in [0.25, 0.3) is 5.57 Å². The van der Waals surface area contributed by atoms with Crippen LogP contribution in [0.1, 0.15) is 18.1 Å². The summed E-state index contributed by atoms with van der Waals surface area (Å²) >= 11 is 0. The van der Waals surface area contributed by atoms with E-state index in [0.717, 1.165) is 11.3 Å². The van der Waals surface area contributed by atoms with Crippen molar-refractivity contribution in [2.75, 3.05) is 30.6 Å². The van der Waals surface area contributed by atoms with Crippen LogP contribution >= 0.6 is 0 Å². The molecular formula is C27H26N2O4. The Balaban J connectivity index is 1.98. The van der Waals surface area contributed by atoms with E-state index < -0.39 is 11.8 Å². The van der Waals surface area contributed by atoms with E-state index in [0.29, 0.717) is 40.6 Å². The van der Waals surface area contributed by atoms with Crippen molar-refractivity contribution >= 4 is 28.8 Å². The van der Waals surface area contributed by atoms with Gasteiger partial charge < -0.3 is 14.4 Å². The molecule has 1 aliphatic heterocycles. The van der Waals surface area contributed by atoms with Gasteiger partial charge in [0.2, 0.25) is 0 Å². The Morgan fingerprint density at radius 1 is 0.818 bits per heavy atom. The van der Waals surface area contributed by atoms with Crippen molar-refractivity contribution in [3.8, 4) is 11.5 Å². The summed E-state index contributed by atoms with van der Waals surface area (Å²) < 4.78 is 11.1. The number of carbonyl (C=O) groups is 2. The molecule has 0 aliphatic carbocycles. The van der Waals surface area contributed by atoms with Gasteiger partial charge in [0.05, 0.1) is 25.5 Å². The van der Waals surface area contributed by atoms with Gasteiger partial charge in [-0.3, -0.25) is 9.59 Å². The highest BCUT2D eigenvalue weighted by molar-refractivity contribution is 6.47. The second-order valence-electron chi connectivity index (χ2n) is 7.62. The molecule has 0 saturated carbocycles. The number of methoxy groups -OCH3 is 2. The Morgan fingerprint density at radius 3 is 2.15 bits per heavy atom. The molecular weight excluding hydrogens is 416 g/mol. The molecule has 6 heteroatoms. The molecule has 0 spiro atoms. The van der Waals surface area contributed by atoms with Gasteiger partial charge in [-0.05, 0) is 49.7 Å². The van der Waals surface area contributed by atoms with E-state index >= 15 is 0 Å². The highest BCUT2D eigenvalue weighted by Gasteiger charge is 2.44. The van der Waals surface area contributed by atoms with Gasteiger partial charge in [0.25, 0.3) is 11.8 Å². The average Bonchev–Trinajstić information content (AvgIpc) is 3.09. The van der Waals surface area contributed by atoms with Crippen molar-refractivity contribution in [1.29, 1.82) is 0 Å². The van der Waals surface area contributed by atoms with Crippen LogP contribution in [-0.4, -0.2) is 32.6 Å². The second kappa shape index (κ2) is 9.20. The molecule has 0 fully saturated rings. The lowest BCUT2D eigenvalue weighted by molar-refractivity contribution is -0.120. The molecule has 0 bridgehead atoms. The molecule has 1 aliphatic rings. The van der Waals surface area contributed by atoms with Crippen LogP contribution in [0.3, 0.4) is 0 Å². The molecule has 33 heavy (non-hydrogen) atoms. The van der Waals surface area contributed by atoms with Crippen molar-refractivity contribution in [3.63, 3.8) is 0 Å². The lowest BCUT2D eigenvalue weighted by Crippen LogP contribution is -2.35. The number of carbonyl (C=O) groups excluding carboxylic acids is 2. The van der Waals surface area contributed by atoms with Crippen LogP contribution in [0, 0.1) is 6.92 Å². The quantitative estimate of drug-likeness (QED) is 0.491. The van der Waals surface area contributed by atoms with Gasteiger partial charge >= 0.3 is 0 Å². The molecule has 3 aromatic rings. The summed E-state index contributed by atoms with van der Waals surface area (Å²) in [7, 11) is 3.08. The number of nitrogens with zero attached hydrogens (tertiary/aromatic N) is 2. The largest absolute Gasteiger partial charge is 0.496 e. The molecule has 3 aromatic carbocycles. The SMILES string of the molecule is CCN(C1=C(c2ccccc2OC)C(=O)N(c2cc(C)ccc2OC)C1=O)c1ccccc1. The summed E-state index contributed by atoms with van der Waals surface area (Å²) in [6.07, 6.45) is 0. The Kier molecular flexibility index (Phi) is 6.18. The summed E-state index contributed by atoms with van der Waals surface area (Å²) in [6, 6.07) is 22.2. The fourth-order valence-electron chi connectivity index (χ4n) is 4.13. The standard InChI is InChI=1S/C27H26N2O4/c1-5-28(19-11-7-6-8-12-19)25-24(20-13-9-10-14-22(20)32-3)26(30)29(27(25)31)21-17-18(2)15-16-23(21)33-4/h6-17H,5H2,1-4H3. The molecule has 0 saturated heterocycles. The molecule has 0 radical (unpaired) electrons. The maximum Gasteiger partial charge on any atom is 0.282 e. The Labute approximate surface area is 193 Å². The van der Waals surface area contributed by atoms with Crippen LogP contribution in [0.5, 0.6) is 11.5 Å². The molecule has 0 N–H and O–H groups in total. The van der Waals surface area contributed by atoms with E-state index in [1.807, 2.05) is 67.3 Å². The monoisotopic (exact) mass is 442 g/mol. The van der Waals surface area contributed by atoms with E-state index in [1.54, 1.807) is 31.4 Å². The fraction of sp³-hybridized carbons (Fsp3) is 0.185. The van der Waals surface area contributed by atoms with Crippen LogP contribution < -0.4 is 19.3 Å². The third kappa shape index (κ3) is 3.84. The molecule has 6 nitrogen and oxygen atoms in total. The fourth-order valence-corrected chi connectivity index (χ4v) is 4.13. The van der Waals surface area contributed by atoms with E-state index in [2.05, 4.69) is 0 Å². The van der Waals surface area contributed by atoms with E-state index in [4.69, 9.17) is 9.47 Å². The maximum absolute atomic E-state index is 14.0. The smallest absolute Gasteiger partial charge is 0.282 e. The van der Waals surface area contributed by atoms with Crippen molar-refractivity contribution in [1.82, 2.24) is 0 Å². The number of imide groups is 1. The van der Waals surface area contributed by atoms with Crippen LogP contribution in [0.15, 0.2) is 78.5 Å². The zero-order chi connectivity index (χ0) is 23.5. The summed E-state index contributed by atoms with van der Waals surface area (Å²) in [6.45, 7) is 4.36. The lowest BCUT2D eigenvalue weighted by Gasteiger charge is -2.25. The van der Waals surface area contributed by atoms with Crippen molar-refractivity contribution in [2.24, 2.45) is 0 Å². The van der Waals surface area contributed by atoms with E-state index in [1.165, 1.54) is 12.0 Å². The van der Waals surface area contributed by atoms with Crippen molar-refractivity contribution in [2.45, 2.75) is 13.8 Å². The minimum Gasteiger partial charge on any atom is -0.496 e. The number of rotatable bonds is 7. The molecule has 0 aromatic heterocycles. The Morgan fingerprint density at radius 2 is 1.48 bits per heavy atom. The predicted molar refractivity (Wildman–Crippen MR) is 130 cm³/mol. The third-order valence-corrected chi connectivity index (χ3v) is 5.67. The minimum atomic E-state index is -0.419. The Bertz CT molecular complexity index is 1230. The van der Waals surface area contributed by atoms with Crippen LogP contribution in [0.2, 0.25) is 0 Å². The molecule has 2 amide bonds. The molecule has 4 rings (SSSR count). The molecule has 0 unspecified atom stereocenters. The summed E-state index contributed by atoms with van der Waals surface area (Å²) in [5.74, 6) is 0.146. The number of amides is 2. The van der Waals surface area contributed by atoms with Crippen molar-refractivity contribution in [3.05, 3.63) is 89.6 Å². The molecule has 168 valence electrons. The predicted octanol–water partition coefficient (Wildman–Crippen LogP) is 4.82. The number of anilines is 2. The third-order valence-electron chi connectivity index (χ3n) is 5.67.